The van der Waals surface area contributed by atoms with Crippen molar-refractivity contribution in [1.82, 2.24) is 9.97 Å². The molecule has 1 heterocycles. The first kappa shape index (κ1) is 10.5. The van der Waals surface area contributed by atoms with Crippen LogP contribution in [0, 0.1) is 12.3 Å². The molecule has 0 spiro atoms. The Bertz CT molecular complexity index is 583. The van der Waals surface area contributed by atoms with Gasteiger partial charge in [0.05, 0.1) is 22.4 Å². The Morgan fingerprint density at radius 2 is 2.44 bits per heavy atom. The summed E-state index contributed by atoms with van der Waals surface area (Å²) in [6.45, 7) is -0.0581. The van der Waals surface area contributed by atoms with Gasteiger partial charge in [-0.05, 0) is 12.1 Å². The summed E-state index contributed by atoms with van der Waals surface area (Å²) in [5, 5.41) is 0.395. The molecule has 2 rings (SSSR count). The lowest BCUT2D eigenvalue weighted by Crippen LogP contribution is -2.05. The van der Waals surface area contributed by atoms with Crippen LogP contribution in [0.25, 0.3) is 11.0 Å². The number of hydrogen-bond donors (Lipinski definition) is 1. The van der Waals surface area contributed by atoms with Gasteiger partial charge in [0.1, 0.15) is 5.52 Å². The zero-order valence-electron chi connectivity index (χ0n) is 8.16. The number of ether oxygens (including phenoxy) is 1. The molecule has 80 valence electrons. The van der Waals surface area contributed by atoms with Crippen LogP contribution < -0.4 is 0 Å². The van der Waals surface area contributed by atoms with Crippen molar-refractivity contribution in [3.63, 3.8) is 0 Å². The van der Waals surface area contributed by atoms with Gasteiger partial charge in [-0.1, -0.05) is 17.5 Å². The molecule has 0 aliphatic heterocycles. The summed E-state index contributed by atoms with van der Waals surface area (Å²) in [6.07, 6.45) is 6.50. The fourth-order valence-electron chi connectivity index (χ4n) is 1.32. The third kappa shape index (κ3) is 1.86. The average molecular weight is 235 g/mol. The highest BCUT2D eigenvalue weighted by Gasteiger charge is 2.11. The maximum absolute atomic E-state index is 11.5. The number of esters is 1. The third-order valence-electron chi connectivity index (χ3n) is 2.00. The summed E-state index contributed by atoms with van der Waals surface area (Å²) in [4.78, 5) is 18.4. The predicted molar refractivity (Wildman–Crippen MR) is 60.2 cm³/mol. The quantitative estimate of drug-likeness (QED) is 0.639. The molecule has 16 heavy (non-hydrogen) atoms. The van der Waals surface area contributed by atoms with Crippen LogP contribution >= 0.6 is 11.6 Å². The van der Waals surface area contributed by atoms with Crippen molar-refractivity contribution < 1.29 is 9.53 Å². The summed E-state index contributed by atoms with van der Waals surface area (Å²) in [5.41, 5.74) is 1.65. The Hall–Kier alpha value is -1.99. The van der Waals surface area contributed by atoms with Crippen molar-refractivity contribution >= 4 is 28.6 Å². The smallest absolute Gasteiger partial charge is 0.339 e. The normalized spacial score (nSPS) is 10.0. The van der Waals surface area contributed by atoms with Gasteiger partial charge < -0.3 is 9.72 Å². The number of aromatic nitrogens is 2. The summed E-state index contributed by atoms with van der Waals surface area (Å²) in [7, 11) is 0. The monoisotopic (exact) mass is 234 g/mol. The second-order valence-electron chi connectivity index (χ2n) is 3.04. The lowest BCUT2D eigenvalue weighted by Gasteiger charge is -2.02. The molecule has 0 amide bonds. The van der Waals surface area contributed by atoms with Gasteiger partial charge in [0.2, 0.25) is 0 Å². The number of nitrogens with zero attached hydrogens (tertiary/aromatic N) is 1. The summed E-state index contributed by atoms with van der Waals surface area (Å²) >= 11 is 5.95. The van der Waals surface area contributed by atoms with E-state index in [-0.39, 0.29) is 6.61 Å². The SMILES string of the molecule is C#CCOC(=O)c1cc(Cl)c2nc[nH]c2c1. The van der Waals surface area contributed by atoms with Gasteiger partial charge in [-0.3, -0.25) is 0 Å². The molecule has 0 unspecified atom stereocenters. The van der Waals surface area contributed by atoms with Crippen LogP contribution in [-0.4, -0.2) is 22.5 Å². The van der Waals surface area contributed by atoms with E-state index in [2.05, 4.69) is 15.9 Å². The van der Waals surface area contributed by atoms with Crippen molar-refractivity contribution in [1.29, 1.82) is 0 Å². The molecule has 1 N–H and O–H groups in total. The minimum atomic E-state index is -0.503. The van der Waals surface area contributed by atoms with Crippen molar-refractivity contribution in [2.24, 2.45) is 0 Å². The molecule has 0 bridgehead atoms. The second-order valence-corrected chi connectivity index (χ2v) is 3.44. The number of carbonyl (C=O) groups excluding carboxylic acids is 1. The fourth-order valence-corrected chi connectivity index (χ4v) is 1.58. The number of nitrogens with one attached hydrogen (secondary N) is 1. The molecule has 0 fully saturated rings. The summed E-state index contributed by atoms with van der Waals surface area (Å²) in [6, 6.07) is 3.12. The molecule has 1 aromatic heterocycles. The predicted octanol–water partition coefficient (Wildman–Crippen LogP) is 2.01. The van der Waals surface area contributed by atoms with Crippen LogP contribution in [0.5, 0.6) is 0 Å². The number of carbonyl (C=O) groups is 1. The van der Waals surface area contributed by atoms with Crippen molar-refractivity contribution in [2.75, 3.05) is 6.61 Å². The number of imidazole rings is 1. The van der Waals surface area contributed by atoms with Crippen LogP contribution in [0.4, 0.5) is 0 Å². The van der Waals surface area contributed by atoms with E-state index in [1.165, 1.54) is 12.4 Å². The second kappa shape index (κ2) is 4.25. The highest BCUT2D eigenvalue weighted by atomic mass is 35.5. The van der Waals surface area contributed by atoms with Gasteiger partial charge >= 0.3 is 5.97 Å². The lowest BCUT2D eigenvalue weighted by atomic mass is 10.2. The molecule has 0 aliphatic carbocycles. The van der Waals surface area contributed by atoms with Crippen LogP contribution in [0.15, 0.2) is 18.5 Å². The zero-order chi connectivity index (χ0) is 11.5. The van der Waals surface area contributed by atoms with E-state index in [0.717, 1.165) is 0 Å². The number of terminal acetylenes is 1. The fraction of sp³-hybridized carbons (Fsp3) is 0.0909. The minimum absolute atomic E-state index is 0.0581. The van der Waals surface area contributed by atoms with Crippen LogP contribution in [0.2, 0.25) is 5.02 Å². The van der Waals surface area contributed by atoms with Crippen LogP contribution in [0.1, 0.15) is 10.4 Å². The Morgan fingerprint density at radius 3 is 3.19 bits per heavy atom. The van der Waals surface area contributed by atoms with E-state index in [1.807, 2.05) is 0 Å². The summed E-state index contributed by atoms with van der Waals surface area (Å²) in [5.74, 6) is 1.72. The molecule has 1 aromatic carbocycles. The number of hydrogen-bond acceptors (Lipinski definition) is 3. The molecular formula is C11H7ClN2O2. The van der Waals surface area contributed by atoms with Gasteiger partial charge in [-0.15, -0.1) is 6.42 Å². The molecule has 0 saturated heterocycles. The molecular weight excluding hydrogens is 228 g/mol. The topological polar surface area (TPSA) is 55.0 Å². The van der Waals surface area contributed by atoms with E-state index in [1.54, 1.807) is 6.07 Å². The number of halogens is 1. The van der Waals surface area contributed by atoms with Gasteiger partial charge in [0.15, 0.2) is 6.61 Å². The molecule has 0 radical (unpaired) electrons. The Kier molecular flexibility index (Phi) is 2.80. The standard InChI is InChI=1S/C11H7ClN2O2/c1-2-3-16-11(15)7-4-8(12)10-9(5-7)13-6-14-10/h1,4-6H,3H2,(H,13,14). The summed E-state index contributed by atoms with van der Waals surface area (Å²) < 4.78 is 4.79. The first-order valence-electron chi connectivity index (χ1n) is 4.45. The van der Waals surface area contributed by atoms with Gasteiger partial charge in [0, 0.05) is 0 Å². The van der Waals surface area contributed by atoms with Crippen LogP contribution in [-0.2, 0) is 4.74 Å². The first-order valence-corrected chi connectivity index (χ1v) is 4.83. The third-order valence-corrected chi connectivity index (χ3v) is 2.29. The lowest BCUT2D eigenvalue weighted by molar-refractivity contribution is 0.0557. The number of H-pyrrole nitrogens is 1. The molecule has 4 nitrogen and oxygen atoms in total. The number of aromatic amines is 1. The van der Waals surface area contributed by atoms with Crippen molar-refractivity contribution in [3.8, 4) is 12.3 Å². The number of rotatable bonds is 2. The Balaban J connectivity index is 2.38. The van der Waals surface area contributed by atoms with Gasteiger partial charge in [-0.25, -0.2) is 9.78 Å². The largest absolute Gasteiger partial charge is 0.449 e. The van der Waals surface area contributed by atoms with E-state index < -0.39 is 5.97 Å². The Labute approximate surface area is 96.6 Å². The van der Waals surface area contributed by atoms with Gasteiger partial charge in [-0.2, -0.15) is 0 Å². The van der Waals surface area contributed by atoms with Crippen LogP contribution in [0.3, 0.4) is 0 Å². The molecule has 2 aromatic rings. The maximum Gasteiger partial charge on any atom is 0.339 e. The highest BCUT2D eigenvalue weighted by molar-refractivity contribution is 6.35. The van der Waals surface area contributed by atoms with E-state index in [4.69, 9.17) is 22.8 Å². The number of fused-ring (bicyclic) bond motifs is 1. The number of benzene rings is 1. The van der Waals surface area contributed by atoms with Crippen molar-refractivity contribution in [3.05, 3.63) is 29.0 Å². The molecule has 0 saturated carbocycles. The van der Waals surface area contributed by atoms with Crippen molar-refractivity contribution in [2.45, 2.75) is 0 Å². The van der Waals surface area contributed by atoms with E-state index in [0.29, 0.717) is 21.6 Å². The first-order chi connectivity index (χ1) is 7.72. The van der Waals surface area contributed by atoms with E-state index >= 15 is 0 Å². The molecule has 0 atom stereocenters. The minimum Gasteiger partial charge on any atom is -0.449 e. The average Bonchev–Trinajstić information content (AvgIpc) is 2.74. The highest BCUT2D eigenvalue weighted by Crippen LogP contribution is 2.22. The maximum atomic E-state index is 11.5. The molecule has 0 aliphatic rings. The molecule has 5 heteroatoms. The Morgan fingerprint density at radius 1 is 1.62 bits per heavy atom. The zero-order valence-corrected chi connectivity index (χ0v) is 8.91. The van der Waals surface area contributed by atoms with E-state index in [9.17, 15) is 4.79 Å². The van der Waals surface area contributed by atoms with Gasteiger partial charge in [0.25, 0.3) is 0 Å².